The Morgan fingerprint density at radius 2 is 0.903 bits per heavy atom. The second-order valence-corrected chi connectivity index (χ2v) is 16.2. The van der Waals surface area contributed by atoms with Crippen LogP contribution in [0.25, 0.3) is 11.1 Å². The highest BCUT2D eigenvalue weighted by Crippen LogP contribution is 2.38. The summed E-state index contributed by atoms with van der Waals surface area (Å²) in [7, 11) is 0. The number of carbonyl (C=O) groups is 2. The van der Waals surface area contributed by atoms with Gasteiger partial charge < -0.3 is 50.7 Å². The minimum Gasteiger partial charge on any atom is -0.488 e. The van der Waals surface area contributed by atoms with Gasteiger partial charge in [-0.05, 0) is 81.1 Å². The van der Waals surface area contributed by atoms with E-state index in [0.717, 1.165) is 42.3 Å². The molecular weight excluding hydrogens is 1010 g/mol. The summed E-state index contributed by atoms with van der Waals surface area (Å²) in [6.07, 6.45) is -10.2. The quantitative estimate of drug-likeness (QED) is 0.0472. The number of ether oxygens (including phenoxy) is 2. The van der Waals surface area contributed by atoms with Gasteiger partial charge in [0, 0.05) is 35.3 Å². The number of nitrogens with one attached hydrogen (secondary N) is 2. The monoisotopic (exact) mass is 1050 g/mol. The van der Waals surface area contributed by atoms with E-state index in [0.29, 0.717) is 34.6 Å². The first-order chi connectivity index (χ1) is 28.8. The van der Waals surface area contributed by atoms with E-state index in [-0.39, 0.29) is 39.6 Å². The molecule has 0 amide bonds. The zero-order valence-corrected chi connectivity index (χ0v) is 37.4. The minimum absolute atomic E-state index is 0.180. The molecule has 0 radical (unpaired) electrons. The fraction of sp³-hybridized carbons (Fsp3) is 0.350. The molecule has 4 rings (SSSR count). The number of halogens is 10. The molecule has 62 heavy (non-hydrogen) atoms. The molecule has 22 heteroatoms. The number of alkyl halides is 6. The third kappa shape index (κ3) is 17.1. The third-order valence-electron chi connectivity index (χ3n) is 8.53. The fourth-order valence-electron chi connectivity index (χ4n) is 4.61. The molecule has 0 aromatic heterocycles. The van der Waals surface area contributed by atoms with Gasteiger partial charge in [0.25, 0.3) is 0 Å². The molecule has 8 N–H and O–H groups in total. The number of rotatable bonds is 17. The zero-order chi connectivity index (χ0) is 47.1. The minimum atomic E-state index is -5.08. The fourth-order valence-corrected chi connectivity index (χ4v) is 6.25. The maximum Gasteiger partial charge on any atom is 0.490 e. The molecule has 0 heterocycles. The van der Waals surface area contributed by atoms with Crippen LogP contribution in [0.3, 0.4) is 0 Å². The number of aliphatic carboxylic acids is 2. The Labute approximate surface area is 378 Å². The summed E-state index contributed by atoms with van der Waals surface area (Å²) in [5.41, 5.74) is 3.52. The molecule has 0 spiro atoms. The predicted molar refractivity (Wildman–Crippen MR) is 225 cm³/mol. The number of carboxylic acid groups (broad SMARTS) is 2. The van der Waals surface area contributed by atoms with Crippen molar-refractivity contribution in [3.8, 4) is 22.6 Å². The van der Waals surface area contributed by atoms with Gasteiger partial charge in [-0.25, -0.2) is 9.59 Å². The van der Waals surface area contributed by atoms with E-state index in [1.165, 1.54) is 0 Å². The van der Waals surface area contributed by atoms with E-state index in [2.05, 4.69) is 42.5 Å². The molecular formula is C40H42Br2Cl2F6N2O10. The molecule has 0 saturated carbocycles. The van der Waals surface area contributed by atoms with Gasteiger partial charge in [-0.3, -0.25) is 0 Å². The average molecular weight is 1060 g/mol. The highest BCUT2D eigenvalue weighted by Gasteiger charge is 2.39. The van der Waals surface area contributed by atoms with Gasteiger partial charge in [-0.1, -0.05) is 71.7 Å². The largest absolute Gasteiger partial charge is 0.490 e. The van der Waals surface area contributed by atoms with Crippen LogP contribution in [0.1, 0.15) is 36.1 Å². The Hall–Kier alpha value is -3.70. The molecule has 12 nitrogen and oxygen atoms in total. The van der Waals surface area contributed by atoms with Crippen molar-refractivity contribution in [2.45, 2.75) is 63.6 Å². The molecule has 0 aliphatic heterocycles. The highest BCUT2D eigenvalue weighted by molar-refractivity contribution is 9.11. The number of aliphatic hydroxyl groups is 4. The van der Waals surface area contributed by atoms with Crippen molar-refractivity contribution in [1.82, 2.24) is 10.6 Å². The molecule has 4 aromatic carbocycles. The zero-order valence-electron chi connectivity index (χ0n) is 32.7. The lowest BCUT2D eigenvalue weighted by Gasteiger charge is -2.26. The molecule has 0 aliphatic carbocycles. The number of hydrogen-bond acceptors (Lipinski definition) is 10. The van der Waals surface area contributed by atoms with Crippen LogP contribution in [0, 0.1) is 0 Å². The molecule has 0 atom stereocenters. The Morgan fingerprint density at radius 3 is 1.16 bits per heavy atom. The van der Waals surface area contributed by atoms with Crippen molar-refractivity contribution < 1.29 is 76.0 Å². The van der Waals surface area contributed by atoms with Crippen LogP contribution in [-0.2, 0) is 35.9 Å². The smallest absolute Gasteiger partial charge is 0.488 e. The maximum absolute atomic E-state index is 10.6. The summed E-state index contributed by atoms with van der Waals surface area (Å²) in [5.74, 6) is -4.22. The molecule has 0 aliphatic rings. The summed E-state index contributed by atoms with van der Waals surface area (Å²) in [6, 6.07) is 22.9. The first-order valence-corrected chi connectivity index (χ1v) is 20.1. The maximum atomic E-state index is 10.6. The van der Waals surface area contributed by atoms with Crippen molar-refractivity contribution in [1.29, 1.82) is 0 Å². The molecule has 4 aromatic rings. The van der Waals surface area contributed by atoms with Crippen LogP contribution >= 0.6 is 55.1 Å². The number of aliphatic hydroxyl groups excluding tert-OH is 4. The van der Waals surface area contributed by atoms with Crippen LogP contribution in [0.2, 0.25) is 10.0 Å². The van der Waals surface area contributed by atoms with Gasteiger partial charge in [0.1, 0.15) is 24.7 Å². The standard InChI is InChI=1S/C36H40Br2Cl2N2O6.2C2HF3O2/c1-35(19-43,20-44)41-15-23-9-11-31(29(37)13-23)47-17-25-5-3-7-27(33(25)39)28-8-4-6-26(34(28)40)18-48-32-12-10-24(14-30(32)38)16-42-36(2,21-45)22-46;2*3-2(4,5)1(6)7/h3-14,41-46H,15-22H2,1-2H3;2*(H,6,7). The molecule has 0 bridgehead atoms. The lowest BCUT2D eigenvalue weighted by molar-refractivity contribution is -0.193. The number of benzene rings is 4. The van der Waals surface area contributed by atoms with E-state index < -0.39 is 35.4 Å². The summed E-state index contributed by atoms with van der Waals surface area (Å²) >= 11 is 21.0. The number of carboxylic acids is 2. The lowest BCUT2D eigenvalue weighted by Crippen LogP contribution is -2.48. The molecule has 0 fully saturated rings. The van der Waals surface area contributed by atoms with Crippen LogP contribution in [0.4, 0.5) is 26.3 Å². The first kappa shape index (κ1) is 54.4. The van der Waals surface area contributed by atoms with Crippen molar-refractivity contribution in [2.75, 3.05) is 26.4 Å². The van der Waals surface area contributed by atoms with Gasteiger partial charge in [0.05, 0.1) is 56.5 Å². The van der Waals surface area contributed by atoms with E-state index in [1.807, 2.05) is 72.8 Å². The Balaban J connectivity index is 0.000000811. The Bertz CT molecular complexity index is 1960. The predicted octanol–water partition coefficient (Wildman–Crippen LogP) is 8.28. The third-order valence-corrected chi connectivity index (χ3v) is 10.7. The van der Waals surface area contributed by atoms with Crippen molar-refractivity contribution in [3.05, 3.63) is 114 Å². The SMILES string of the molecule is CC(CO)(CO)NCc1ccc(OCc2cccc(-c3cccc(COc4ccc(CNC(C)(CO)CO)cc4Br)c3Cl)c2Cl)c(Br)c1.O=C(O)C(F)(F)F.O=C(O)C(F)(F)F. The summed E-state index contributed by atoms with van der Waals surface area (Å²) < 4.78 is 77.3. The Kier molecular flexibility index (Phi) is 21.4. The van der Waals surface area contributed by atoms with Gasteiger partial charge in [0.2, 0.25) is 0 Å². The first-order valence-electron chi connectivity index (χ1n) is 17.7. The molecule has 0 saturated heterocycles. The topological polar surface area (TPSA) is 198 Å². The lowest BCUT2D eigenvalue weighted by atomic mass is 10.0. The highest BCUT2D eigenvalue weighted by atomic mass is 79.9. The van der Waals surface area contributed by atoms with Crippen molar-refractivity contribution in [2.24, 2.45) is 0 Å². The van der Waals surface area contributed by atoms with Gasteiger partial charge in [0.15, 0.2) is 0 Å². The van der Waals surface area contributed by atoms with E-state index in [9.17, 15) is 46.8 Å². The normalized spacial score (nSPS) is 11.8. The van der Waals surface area contributed by atoms with E-state index >= 15 is 0 Å². The summed E-state index contributed by atoms with van der Waals surface area (Å²) in [4.78, 5) is 17.8. The second-order valence-electron chi connectivity index (χ2n) is 13.7. The average Bonchev–Trinajstić information content (AvgIpc) is 3.22. The molecule has 0 unspecified atom stereocenters. The van der Waals surface area contributed by atoms with Crippen molar-refractivity contribution >= 4 is 67.0 Å². The van der Waals surface area contributed by atoms with Crippen LogP contribution < -0.4 is 20.1 Å². The Morgan fingerprint density at radius 1 is 0.597 bits per heavy atom. The van der Waals surface area contributed by atoms with Crippen molar-refractivity contribution in [3.63, 3.8) is 0 Å². The second kappa shape index (κ2) is 24.4. The van der Waals surface area contributed by atoms with Crippen LogP contribution in [0.5, 0.6) is 11.5 Å². The van der Waals surface area contributed by atoms with E-state index in [1.54, 1.807) is 13.8 Å². The van der Waals surface area contributed by atoms with Crippen LogP contribution in [-0.4, -0.2) is 92.4 Å². The molecule has 342 valence electrons. The van der Waals surface area contributed by atoms with Gasteiger partial charge in [-0.15, -0.1) is 0 Å². The summed E-state index contributed by atoms with van der Waals surface area (Å²) in [5, 5.41) is 59.7. The van der Waals surface area contributed by atoms with E-state index in [4.69, 9.17) is 52.5 Å². The van der Waals surface area contributed by atoms with Gasteiger partial charge in [-0.2, -0.15) is 26.3 Å². The van der Waals surface area contributed by atoms with Crippen LogP contribution in [0.15, 0.2) is 81.7 Å². The number of hydrogen-bond donors (Lipinski definition) is 8. The summed E-state index contributed by atoms with van der Waals surface area (Å²) in [6.45, 7) is 4.19. The van der Waals surface area contributed by atoms with Gasteiger partial charge >= 0.3 is 24.3 Å².